The number of hydrogen-bond donors (Lipinski definition) is 1. The highest BCUT2D eigenvalue weighted by Gasteiger charge is 2.43. The number of sulfone groups is 1. The molecule has 0 unspecified atom stereocenters. The van der Waals surface area contributed by atoms with Crippen LogP contribution in [0.1, 0.15) is 46.4 Å². The predicted molar refractivity (Wildman–Crippen MR) is 119 cm³/mol. The minimum atomic E-state index is -3.71. The van der Waals surface area contributed by atoms with Crippen LogP contribution in [0.25, 0.3) is 5.57 Å². The van der Waals surface area contributed by atoms with Crippen molar-refractivity contribution in [3.8, 4) is 6.07 Å². The first-order valence-corrected chi connectivity index (χ1v) is 11.7. The van der Waals surface area contributed by atoms with Crippen LogP contribution in [-0.4, -0.2) is 53.9 Å². The number of aromatic nitrogens is 2. The van der Waals surface area contributed by atoms with Gasteiger partial charge in [0, 0.05) is 32.4 Å². The fraction of sp³-hybridized carbons (Fsp3) is 0.571. The van der Waals surface area contributed by atoms with Gasteiger partial charge in [-0.25, -0.2) is 18.2 Å². The zero-order chi connectivity index (χ0) is 23.6. The molecular formula is C21H31N5O4S. The maximum Gasteiger partial charge on any atom is 0.413 e. The highest BCUT2D eigenvalue weighted by Crippen LogP contribution is 2.45. The molecule has 1 amide bonds. The smallest absolute Gasteiger partial charge is 0.413 e. The molecule has 1 aliphatic rings. The third-order valence-corrected chi connectivity index (χ3v) is 6.63. The molecule has 1 aromatic heterocycles. The number of imidazole rings is 1. The van der Waals surface area contributed by atoms with Crippen molar-refractivity contribution in [1.29, 1.82) is 5.26 Å². The molecule has 1 fully saturated rings. The summed E-state index contributed by atoms with van der Waals surface area (Å²) < 4.78 is 32.2. The summed E-state index contributed by atoms with van der Waals surface area (Å²) in [6.07, 6.45) is 4.25. The van der Waals surface area contributed by atoms with Gasteiger partial charge < -0.3 is 14.2 Å². The maximum absolute atomic E-state index is 12.7. The fourth-order valence-corrected chi connectivity index (χ4v) is 4.30. The Bertz CT molecular complexity index is 1040. The van der Waals surface area contributed by atoms with Gasteiger partial charge in [0.05, 0.1) is 17.2 Å². The van der Waals surface area contributed by atoms with Crippen LogP contribution in [0.4, 0.5) is 10.6 Å². The first kappa shape index (κ1) is 24.5. The van der Waals surface area contributed by atoms with E-state index in [2.05, 4.69) is 22.9 Å². The lowest BCUT2D eigenvalue weighted by Crippen LogP contribution is -2.28. The molecule has 1 heterocycles. The molecule has 31 heavy (non-hydrogen) atoms. The molecule has 1 aromatic rings. The standard InChI is InChI=1S/C21H31N5O4S/c1-8-15(12-25(6)14-21(13-22)10-11-21)17-23-16(24-19(27)30-20(3,4)5)18(26(17)7)31(28,29)9-2/h8,12H,1,9-11,14H2,2-7H3,(H,24,27)/b15-12+. The Hall–Kier alpha value is -2.80. The molecule has 1 saturated carbocycles. The summed E-state index contributed by atoms with van der Waals surface area (Å²) in [5.41, 5.74) is -0.525. The molecule has 0 saturated heterocycles. The fourth-order valence-electron chi connectivity index (χ4n) is 3.13. The maximum atomic E-state index is 12.7. The van der Waals surface area contributed by atoms with E-state index < -0.39 is 21.5 Å². The van der Waals surface area contributed by atoms with Crippen LogP contribution in [0.2, 0.25) is 0 Å². The Kier molecular flexibility index (Phi) is 6.90. The van der Waals surface area contributed by atoms with Crippen molar-refractivity contribution in [2.75, 3.05) is 24.7 Å². The molecule has 0 aromatic carbocycles. The van der Waals surface area contributed by atoms with Crippen LogP contribution >= 0.6 is 0 Å². The number of ether oxygens (including phenoxy) is 1. The van der Waals surface area contributed by atoms with Gasteiger partial charge in [0.25, 0.3) is 0 Å². The zero-order valence-corrected chi connectivity index (χ0v) is 19.8. The van der Waals surface area contributed by atoms with E-state index in [1.165, 1.54) is 11.5 Å². The van der Waals surface area contributed by atoms with Gasteiger partial charge in [0.2, 0.25) is 0 Å². The van der Waals surface area contributed by atoms with E-state index >= 15 is 0 Å². The molecule has 2 rings (SSSR count). The van der Waals surface area contributed by atoms with Crippen molar-refractivity contribution in [2.24, 2.45) is 12.5 Å². The predicted octanol–water partition coefficient (Wildman–Crippen LogP) is 3.32. The number of carbonyl (C=O) groups is 1. The number of hydrogen-bond acceptors (Lipinski definition) is 7. The average molecular weight is 450 g/mol. The van der Waals surface area contributed by atoms with Crippen molar-refractivity contribution >= 4 is 27.3 Å². The molecule has 0 spiro atoms. The molecule has 1 N–H and O–H groups in total. The van der Waals surface area contributed by atoms with Crippen LogP contribution < -0.4 is 5.32 Å². The first-order valence-electron chi connectivity index (χ1n) is 10.0. The number of amides is 1. The van der Waals surface area contributed by atoms with Gasteiger partial charge in [-0.1, -0.05) is 19.6 Å². The minimum absolute atomic E-state index is 0.0975. The van der Waals surface area contributed by atoms with E-state index in [4.69, 9.17) is 4.74 Å². The second kappa shape index (κ2) is 8.75. The van der Waals surface area contributed by atoms with Crippen LogP contribution in [0.3, 0.4) is 0 Å². The molecule has 0 radical (unpaired) electrons. The van der Waals surface area contributed by atoms with Crippen molar-refractivity contribution in [2.45, 2.75) is 51.2 Å². The Morgan fingerprint density at radius 3 is 2.52 bits per heavy atom. The van der Waals surface area contributed by atoms with Gasteiger partial charge in [0.1, 0.15) is 11.4 Å². The number of nitrogens with one attached hydrogen (secondary N) is 1. The number of nitriles is 1. The van der Waals surface area contributed by atoms with E-state index in [-0.39, 0.29) is 22.0 Å². The summed E-state index contributed by atoms with van der Waals surface area (Å²) >= 11 is 0. The summed E-state index contributed by atoms with van der Waals surface area (Å²) in [7, 11) is -0.299. The monoisotopic (exact) mass is 449 g/mol. The molecular weight excluding hydrogens is 418 g/mol. The Labute approximate surface area is 184 Å². The van der Waals surface area contributed by atoms with E-state index in [9.17, 15) is 18.5 Å². The van der Waals surface area contributed by atoms with Gasteiger partial charge in [-0.15, -0.1) is 0 Å². The quantitative estimate of drug-likeness (QED) is 0.605. The number of anilines is 1. The summed E-state index contributed by atoms with van der Waals surface area (Å²) in [4.78, 5) is 18.5. The van der Waals surface area contributed by atoms with Crippen LogP contribution in [0.15, 0.2) is 23.9 Å². The summed E-state index contributed by atoms with van der Waals surface area (Å²) in [6, 6.07) is 2.35. The highest BCUT2D eigenvalue weighted by molar-refractivity contribution is 7.91. The molecule has 10 heteroatoms. The van der Waals surface area contributed by atoms with Crippen LogP contribution in [0, 0.1) is 16.7 Å². The molecule has 170 valence electrons. The van der Waals surface area contributed by atoms with Gasteiger partial charge in [-0.3, -0.25) is 5.32 Å². The van der Waals surface area contributed by atoms with E-state index in [1.54, 1.807) is 40.1 Å². The summed E-state index contributed by atoms with van der Waals surface area (Å²) in [5.74, 6) is 0.0635. The van der Waals surface area contributed by atoms with E-state index in [1.807, 2.05) is 11.9 Å². The molecule has 0 atom stereocenters. The Morgan fingerprint density at radius 1 is 1.45 bits per heavy atom. The lowest BCUT2D eigenvalue weighted by Gasteiger charge is -2.19. The van der Waals surface area contributed by atoms with Crippen molar-refractivity contribution in [3.05, 3.63) is 24.7 Å². The largest absolute Gasteiger partial charge is 0.444 e. The van der Waals surface area contributed by atoms with Crippen molar-refractivity contribution < 1.29 is 17.9 Å². The Morgan fingerprint density at radius 2 is 2.06 bits per heavy atom. The summed E-state index contributed by atoms with van der Waals surface area (Å²) in [6.45, 7) is 11.0. The number of carbonyl (C=O) groups excluding carboxylic acids is 1. The summed E-state index contributed by atoms with van der Waals surface area (Å²) in [5, 5.41) is 11.7. The van der Waals surface area contributed by atoms with Crippen LogP contribution in [-0.2, 0) is 21.6 Å². The Balaban J connectivity index is 2.47. The number of allylic oxidation sites excluding steroid dienone is 2. The van der Waals surface area contributed by atoms with E-state index in [0.29, 0.717) is 17.9 Å². The van der Waals surface area contributed by atoms with Crippen molar-refractivity contribution in [3.63, 3.8) is 0 Å². The van der Waals surface area contributed by atoms with Gasteiger partial charge in [-0.2, -0.15) is 5.26 Å². The first-order chi connectivity index (χ1) is 14.3. The second-order valence-electron chi connectivity index (χ2n) is 8.77. The molecule has 0 aliphatic heterocycles. The van der Waals surface area contributed by atoms with Crippen molar-refractivity contribution in [1.82, 2.24) is 14.5 Å². The van der Waals surface area contributed by atoms with Gasteiger partial charge in [-0.05, 0) is 33.6 Å². The molecule has 0 bridgehead atoms. The highest BCUT2D eigenvalue weighted by atomic mass is 32.2. The van der Waals surface area contributed by atoms with Gasteiger partial charge in [0.15, 0.2) is 20.7 Å². The third kappa shape index (κ3) is 5.88. The number of rotatable bonds is 8. The minimum Gasteiger partial charge on any atom is -0.444 e. The van der Waals surface area contributed by atoms with Gasteiger partial charge >= 0.3 is 6.09 Å². The third-order valence-electron chi connectivity index (χ3n) is 4.82. The molecule has 9 nitrogen and oxygen atoms in total. The number of nitrogens with zero attached hydrogens (tertiary/aromatic N) is 4. The second-order valence-corrected chi connectivity index (χ2v) is 11.0. The van der Waals surface area contributed by atoms with E-state index in [0.717, 1.165) is 12.8 Å². The molecule has 1 aliphatic carbocycles. The SMILES string of the molecule is C=C/C(=C\N(C)CC1(C#N)CC1)c1nc(NC(=O)OC(C)(C)C)c(S(=O)(=O)CC)n1C. The lowest BCUT2D eigenvalue weighted by atomic mass is 10.1. The topological polar surface area (TPSA) is 117 Å². The normalized spacial score (nSPS) is 15.7. The lowest BCUT2D eigenvalue weighted by molar-refractivity contribution is 0.0635. The average Bonchev–Trinajstić information content (AvgIpc) is 3.34. The zero-order valence-electron chi connectivity index (χ0n) is 19.0. The van der Waals surface area contributed by atoms with Crippen LogP contribution in [0.5, 0.6) is 0 Å².